The molecule has 0 aliphatic carbocycles. The highest BCUT2D eigenvalue weighted by Gasteiger charge is 2.11. The number of rotatable bonds is 3. The smallest absolute Gasteiger partial charge is 0.193 e. The van der Waals surface area contributed by atoms with Gasteiger partial charge in [0, 0.05) is 11.1 Å². The summed E-state index contributed by atoms with van der Waals surface area (Å²) in [5, 5.41) is 0. The average molecular weight is 252 g/mol. The lowest BCUT2D eigenvalue weighted by Gasteiger charge is -2.08. The summed E-state index contributed by atoms with van der Waals surface area (Å²) >= 11 is 0. The maximum absolute atomic E-state index is 12.5. The predicted molar refractivity (Wildman–Crippen MR) is 79.9 cm³/mol. The molecular weight excluding hydrogens is 232 g/mol. The summed E-state index contributed by atoms with van der Waals surface area (Å²) in [4.78, 5) is 12.5. The second-order valence-electron chi connectivity index (χ2n) is 5.12. The summed E-state index contributed by atoms with van der Waals surface area (Å²) in [5.74, 6) is 0.109. The van der Waals surface area contributed by atoms with Crippen LogP contribution in [0.15, 0.2) is 36.4 Å². The first-order chi connectivity index (χ1) is 9.02. The first kappa shape index (κ1) is 13.5. The van der Waals surface area contributed by atoms with Crippen molar-refractivity contribution in [2.24, 2.45) is 0 Å². The molecular formula is C18H20O. The van der Waals surface area contributed by atoms with Crippen molar-refractivity contribution in [3.8, 4) is 0 Å². The van der Waals surface area contributed by atoms with Gasteiger partial charge in [0.25, 0.3) is 0 Å². The molecule has 98 valence electrons. The molecule has 0 heterocycles. The number of hydrogen-bond donors (Lipinski definition) is 0. The molecule has 0 unspecified atom stereocenters. The summed E-state index contributed by atoms with van der Waals surface area (Å²) in [6.45, 7) is 8.30. The van der Waals surface area contributed by atoms with Crippen molar-refractivity contribution in [1.29, 1.82) is 0 Å². The zero-order valence-electron chi connectivity index (χ0n) is 12.1. The highest BCUT2D eigenvalue weighted by molar-refractivity contribution is 6.09. The van der Waals surface area contributed by atoms with Crippen LogP contribution in [-0.2, 0) is 6.42 Å². The number of carbonyl (C=O) groups is 1. The standard InChI is InChI=1S/C18H20O/c1-5-15-11-17(9-7-13(15)3)18(19)16-8-6-12(2)14(4)10-16/h6-11H,5H2,1-4H3. The normalized spacial score (nSPS) is 10.5. The van der Waals surface area contributed by atoms with Crippen LogP contribution in [0.5, 0.6) is 0 Å². The molecule has 0 aliphatic heterocycles. The monoisotopic (exact) mass is 252 g/mol. The minimum Gasteiger partial charge on any atom is -0.289 e. The van der Waals surface area contributed by atoms with Crippen LogP contribution in [0, 0.1) is 20.8 Å². The van der Waals surface area contributed by atoms with Gasteiger partial charge in [0.05, 0.1) is 0 Å². The molecule has 2 aromatic carbocycles. The minimum atomic E-state index is 0.109. The molecule has 0 bridgehead atoms. The molecule has 0 aromatic heterocycles. The van der Waals surface area contributed by atoms with Gasteiger partial charge in [0.2, 0.25) is 0 Å². The summed E-state index contributed by atoms with van der Waals surface area (Å²) < 4.78 is 0. The van der Waals surface area contributed by atoms with Crippen LogP contribution in [0.4, 0.5) is 0 Å². The zero-order chi connectivity index (χ0) is 14.0. The van der Waals surface area contributed by atoms with Crippen LogP contribution in [0.3, 0.4) is 0 Å². The fourth-order valence-corrected chi connectivity index (χ4v) is 2.24. The van der Waals surface area contributed by atoms with E-state index in [2.05, 4.69) is 20.8 Å². The van der Waals surface area contributed by atoms with Gasteiger partial charge in [-0.25, -0.2) is 0 Å². The molecule has 0 N–H and O–H groups in total. The van der Waals surface area contributed by atoms with E-state index in [0.29, 0.717) is 0 Å². The summed E-state index contributed by atoms with van der Waals surface area (Å²) in [6.07, 6.45) is 0.958. The summed E-state index contributed by atoms with van der Waals surface area (Å²) in [6, 6.07) is 11.9. The van der Waals surface area contributed by atoms with E-state index in [-0.39, 0.29) is 5.78 Å². The Balaban J connectivity index is 2.41. The van der Waals surface area contributed by atoms with Gasteiger partial charge in [-0.05, 0) is 61.6 Å². The lowest BCUT2D eigenvalue weighted by molar-refractivity contribution is 0.103. The molecule has 0 aliphatic rings. The molecule has 0 saturated heterocycles. The van der Waals surface area contributed by atoms with Crippen molar-refractivity contribution in [3.05, 3.63) is 69.8 Å². The van der Waals surface area contributed by atoms with Crippen molar-refractivity contribution >= 4 is 5.78 Å². The lowest BCUT2D eigenvalue weighted by Crippen LogP contribution is -2.03. The van der Waals surface area contributed by atoms with E-state index in [4.69, 9.17) is 0 Å². The number of carbonyl (C=O) groups excluding carboxylic acids is 1. The third kappa shape index (κ3) is 2.76. The molecule has 0 saturated carbocycles. The van der Waals surface area contributed by atoms with Crippen LogP contribution in [0.2, 0.25) is 0 Å². The van der Waals surface area contributed by atoms with E-state index in [1.807, 2.05) is 43.3 Å². The number of benzene rings is 2. The highest BCUT2D eigenvalue weighted by atomic mass is 16.1. The van der Waals surface area contributed by atoms with Crippen molar-refractivity contribution in [3.63, 3.8) is 0 Å². The van der Waals surface area contributed by atoms with Gasteiger partial charge < -0.3 is 0 Å². The molecule has 2 aromatic rings. The molecule has 1 heteroatoms. The minimum absolute atomic E-state index is 0.109. The van der Waals surface area contributed by atoms with Crippen LogP contribution in [-0.4, -0.2) is 5.78 Å². The fraction of sp³-hybridized carbons (Fsp3) is 0.278. The average Bonchev–Trinajstić information content (AvgIpc) is 2.41. The molecule has 1 nitrogen and oxygen atoms in total. The van der Waals surface area contributed by atoms with Crippen LogP contribution >= 0.6 is 0 Å². The molecule has 0 spiro atoms. The van der Waals surface area contributed by atoms with Crippen LogP contribution in [0.1, 0.15) is 45.1 Å². The van der Waals surface area contributed by atoms with Gasteiger partial charge in [-0.15, -0.1) is 0 Å². The van der Waals surface area contributed by atoms with Crippen molar-refractivity contribution in [2.45, 2.75) is 34.1 Å². The third-order valence-corrected chi connectivity index (χ3v) is 3.76. The Labute approximate surface area is 115 Å². The fourth-order valence-electron chi connectivity index (χ4n) is 2.24. The van der Waals surface area contributed by atoms with E-state index in [1.54, 1.807) is 0 Å². The van der Waals surface area contributed by atoms with Gasteiger partial charge in [0.15, 0.2) is 5.78 Å². The zero-order valence-corrected chi connectivity index (χ0v) is 12.1. The Morgan fingerprint density at radius 3 is 2.00 bits per heavy atom. The quantitative estimate of drug-likeness (QED) is 0.740. The Hall–Kier alpha value is -1.89. The first-order valence-electron chi connectivity index (χ1n) is 6.74. The maximum Gasteiger partial charge on any atom is 0.193 e. The topological polar surface area (TPSA) is 17.1 Å². The second kappa shape index (κ2) is 5.40. The van der Waals surface area contributed by atoms with E-state index in [0.717, 1.165) is 23.1 Å². The van der Waals surface area contributed by atoms with Gasteiger partial charge in [-0.3, -0.25) is 4.79 Å². The predicted octanol–water partition coefficient (Wildman–Crippen LogP) is 4.41. The lowest BCUT2D eigenvalue weighted by atomic mass is 9.96. The highest BCUT2D eigenvalue weighted by Crippen LogP contribution is 2.17. The van der Waals surface area contributed by atoms with Crippen molar-refractivity contribution in [2.75, 3.05) is 0 Å². The Morgan fingerprint density at radius 2 is 1.42 bits per heavy atom. The largest absolute Gasteiger partial charge is 0.289 e. The van der Waals surface area contributed by atoms with Gasteiger partial charge in [-0.2, -0.15) is 0 Å². The van der Waals surface area contributed by atoms with Gasteiger partial charge in [0.1, 0.15) is 0 Å². The van der Waals surface area contributed by atoms with Crippen molar-refractivity contribution in [1.82, 2.24) is 0 Å². The molecule has 0 radical (unpaired) electrons. The Kier molecular flexibility index (Phi) is 3.84. The van der Waals surface area contributed by atoms with Crippen LogP contribution < -0.4 is 0 Å². The van der Waals surface area contributed by atoms with E-state index < -0.39 is 0 Å². The number of hydrogen-bond acceptors (Lipinski definition) is 1. The Bertz CT molecular complexity index is 624. The summed E-state index contributed by atoms with van der Waals surface area (Å²) in [5.41, 5.74) is 6.43. The third-order valence-electron chi connectivity index (χ3n) is 3.76. The van der Waals surface area contributed by atoms with Gasteiger partial charge in [-0.1, -0.05) is 31.2 Å². The number of aryl methyl sites for hydroxylation is 4. The second-order valence-corrected chi connectivity index (χ2v) is 5.12. The molecule has 0 fully saturated rings. The number of ketones is 1. The van der Waals surface area contributed by atoms with E-state index >= 15 is 0 Å². The SMILES string of the molecule is CCc1cc(C(=O)c2ccc(C)c(C)c2)ccc1C. The first-order valence-corrected chi connectivity index (χ1v) is 6.74. The van der Waals surface area contributed by atoms with E-state index in [9.17, 15) is 4.79 Å². The molecule has 0 atom stereocenters. The van der Waals surface area contributed by atoms with Crippen molar-refractivity contribution < 1.29 is 4.79 Å². The molecule has 0 amide bonds. The van der Waals surface area contributed by atoms with Gasteiger partial charge >= 0.3 is 0 Å². The maximum atomic E-state index is 12.5. The van der Waals surface area contributed by atoms with E-state index in [1.165, 1.54) is 16.7 Å². The molecule has 19 heavy (non-hydrogen) atoms. The molecule has 2 rings (SSSR count). The summed E-state index contributed by atoms with van der Waals surface area (Å²) in [7, 11) is 0. The Morgan fingerprint density at radius 1 is 0.842 bits per heavy atom. The van der Waals surface area contributed by atoms with Crippen LogP contribution in [0.25, 0.3) is 0 Å².